The highest BCUT2D eigenvalue weighted by Crippen LogP contribution is 2.26. The average Bonchev–Trinajstić information content (AvgIpc) is 2.44. The second-order valence-electron chi connectivity index (χ2n) is 4.25. The van der Waals surface area contributed by atoms with E-state index in [-0.39, 0.29) is 0 Å². The third-order valence-electron chi connectivity index (χ3n) is 2.69. The summed E-state index contributed by atoms with van der Waals surface area (Å²) in [5, 5.41) is 0. The van der Waals surface area contributed by atoms with Crippen molar-refractivity contribution in [2.45, 2.75) is 32.9 Å². The standard InChI is InChI=1S/C10H16BrN3/c1-7(2)10-12-9(11)8-6-13(3)4-5-14(8)10/h7H,4-6H2,1-3H3. The van der Waals surface area contributed by atoms with E-state index < -0.39 is 0 Å². The van der Waals surface area contributed by atoms with Crippen LogP contribution in [0.1, 0.15) is 31.3 Å². The summed E-state index contributed by atoms with van der Waals surface area (Å²) in [6.45, 7) is 7.58. The fraction of sp³-hybridized carbons (Fsp3) is 0.700. The molecule has 2 heterocycles. The molecule has 3 nitrogen and oxygen atoms in total. The molecule has 0 saturated heterocycles. The lowest BCUT2D eigenvalue weighted by molar-refractivity contribution is 0.265. The Bertz CT molecular complexity index is 343. The normalized spacial score (nSPS) is 17.5. The molecule has 1 aliphatic heterocycles. The second-order valence-corrected chi connectivity index (χ2v) is 5.00. The van der Waals surface area contributed by atoms with Gasteiger partial charge in [0.1, 0.15) is 10.4 Å². The van der Waals surface area contributed by atoms with Crippen molar-refractivity contribution in [3.63, 3.8) is 0 Å². The van der Waals surface area contributed by atoms with E-state index >= 15 is 0 Å². The molecule has 4 heteroatoms. The second kappa shape index (κ2) is 3.66. The number of aromatic nitrogens is 2. The molecule has 1 aromatic rings. The van der Waals surface area contributed by atoms with E-state index in [0.29, 0.717) is 5.92 Å². The molecule has 0 spiro atoms. The predicted molar refractivity (Wildman–Crippen MR) is 60.4 cm³/mol. The van der Waals surface area contributed by atoms with E-state index in [9.17, 15) is 0 Å². The summed E-state index contributed by atoms with van der Waals surface area (Å²) in [7, 11) is 2.15. The summed E-state index contributed by atoms with van der Waals surface area (Å²) in [5.74, 6) is 1.71. The van der Waals surface area contributed by atoms with Crippen molar-refractivity contribution >= 4 is 15.9 Å². The molecule has 78 valence electrons. The van der Waals surface area contributed by atoms with Gasteiger partial charge in [-0.3, -0.25) is 4.90 Å². The molecule has 1 aliphatic rings. The SMILES string of the molecule is CC(C)c1nc(Br)c2n1CCN(C)C2. The Kier molecular flexibility index (Phi) is 2.66. The molecular weight excluding hydrogens is 242 g/mol. The van der Waals surface area contributed by atoms with E-state index in [0.717, 1.165) is 24.2 Å². The topological polar surface area (TPSA) is 21.1 Å². The molecule has 0 fully saturated rings. The van der Waals surface area contributed by atoms with Crippen LogP contribution in [0, 0.1) is 0 Å². The van der Waals surface area contributed by atoms with Gasteiger partial charge in [-0.1, -0.05) is 13.8 Å². The Balaban J connectivity index is 2.44. The Morgan fingerprint density at radius 3 is 2.71 bits per heavy atom. The van der Waals surface area contributed by atoms with Crippen molar-refractivity contribution in [3.05, 3.63) is 16.1 Å². The van der Waals surface area contributed by atoms with Gasteiger partial charge < -0.3 is 4.57 Å². The Labute approximate surface area is 93.2 Å². The first kappa shape index (κ1) is 10.2. The molecule has 0 aliphatic carbocycles. The van der Waals surface area contributed by atoms with Crippen LogP contribution in [0.15, 0.2) is 4.60 Å². The van der Waals surface area contributed by atoms with Crippen LogP contribution in [-0.2, 0) is 13.1 Å². The van der Waals surface area contributed by atoms with Crippen LogP contribution in [0.2, 0.25) is 0 Å². The van der Waals surface area contributed by atoms with Gasteiger partial charge in [0.05, 0.1) is 5.69 Å². The zero-order chi connectivity index (χ0) is 10.3. The molecule has 0 bridgehead atoms. The first-order valence-electron chi connectivity index (χ1n) is 5.03. The van der Waals surface area contributed by atoms with Crippen LogP contribution in [-0.4, -0.2) is 28.0 Å². The van der Waals surface area contributed by atoms with Crippen molar-refractivity contribution < 1.29 is 0 Å². The minimum absolute atomic E-state index is 0.503. The zero-order valence-corrected chi connectivity index (χ0v) is 10.5. The summed E-state index contributed by atoms with van der Waals surface area (Å²) >= 11 is 3.54. The maximum Gasteiger partial charge on any atom is 0.128 e. The number of fused-ring (bicyclic) bond motifs is 1. The molecule has 1 aromatic heterocycles. The lowest BCUT2D eigenvalue weighted by Gasteiger charge is -2.25. The molecule has 0 saturated carbocycles. The minimum Gasteiger partial charge on any atom is -0.328 e. The minimum atomic E-state index is 0.503. The maximum atomic E-state index is 4.58. The van der Waals surface area contributed by atoms with Crippen LogP contribution in [0.4, 0.5) is 0 Å². The summed E-state index contributed by atoms with van der Waals surface area (Å²) in [5.41, 5.74) is 1.32. The largest absolute Gasteiger partial charge is 0.328 e. The summed E-state index contributed by atoms with van der Waals surface area (Å²) in [4.78, 5) is 6.90. The van der Waals surface area contributed by atoms with Crippen LogP contribution >= 0.6 is 15.9 Å². The summed E-state index contributed by atoms with van der Waals surface area (Å²) in [6, 6.07) is 0. The average molecular weight is 258 g/mol. The molecule has 0 unspecified atom stereocenters. The molecule has 0 radical (unpaired) electrons. The van der Waals surface area contributed by atoms with E-state index in [4.69, 9.17) is 0 Å². The predicted octanol–water partition coefficient (Wildman–Crippen LogP) is 2.21. The fourth-order valence-corrected chi connectivity index (χ4v) is 2.44. The molecule has 0 N–H and O–H groups in total. The maximum absolute atomic E-state index is 4.58. The van der Waals surface area contributed by atoms with Crippen LogP contribution < -0.4 is 0 Å². The molecule has 14 heavy (non-hydrogen) atoms. The van der Waals surface area contributed by atoms with Crippen LogP contribution in [0.5, 0.6) is 0 Å². The Morgan fingerprint density at radius 2 is 2.07 bits per heavy atom. The number of halogens is 1. The van der Waals surface area contributed by atoms with E-state index in [1.165, 1.54) is 11.5 Å². The third-order valence-corrected chi connectivity index (χ3v) is 3.33. The quantitative estimate of drug-likeness (QED) is 0.770. The van der Waals surface area contributed by atoms with Crippen molar-refractivity contribution in [2.24, 2.45) is 0 Å². The highest BCUT2D eigenvalue weighted by atomic mass is 79.9. The number of hydrogen-bond donors (Lipinski definition) is 0. The highest BCUT2D eigenvalue weighted by Gasteiger charge is 2.21. The van der Waals surface area contributed by atoms with E-state index in [1.54, 1.807) is 0 Å². The monoisotopic (exact) mass is 257 g/mol. The van der Waals surface area contributed by atoms with Gasteiger partial charge in [0, 0.05) is 25.6 Å². The van der Waals surface area contributed by atoms with Crippen LogP contribution in [0.3, 0.4) is 0 Å². The van der Waals surface area contributed by atoms with Gasteiger partial charge in [-0.15, -0.1) is 0 Å². The van der Waals surface area contributed by atoms with Gasteiger partial charge in [-0.05, 0) is 23.0 Å². The number of rotatable bonds is 1. The number of hydrogen-bond acceptors (Lipinski definition) is 2. The zero-order valence-electron chi connectivity index (χ0n) is 8.92. The summed E-state index contributed by atoms with van der Waals surface area (Å²) < 4.78 is 3.38. The van der Waals surface area contributed by atoms with Crippen molar-refractivity contribution in [1.29, 1.82) is 0 Å². The fourth-order valence-electron chi connectivity index (χ4n) is 1.92. The number of likely N-dealkylation sites (N-methyl/N-ethyl adjacent to an activating group) is 1. The van der Waals surface area contributed by atoms with Crippen molar-refractivity contribution in [2.75, 3.05) is 13.6 Å². The van der Waals surface area contributed by atoms with Crippen molar-refractivity contribution in [1.82, 2.24) is 14.5 Å². The Morgan fingerprint density at radius 1 is 1.36 bits per heavy atom. The smallest absolute Gasteiger partial charge is 0.128 e. The van der Waals surface area contributed by atoms with Gasteiger partial charge in [0.25, 0.3) is 0 Å². The van der Waals surface area contributed by atoms with Gasteiger partial charge in [-0.25, -0.2) is 4.98 Å². The van der Waals surface area contributed by atoms with Crippen LogP contribution in [0.25, 0.3) is 0 Å². The van der Waals surface area contributed by atoms with Gasteiger partial charge >= 0.3 is 0 Å². The molecule has 0 amide bonds. The Hall–Kier alpha value is -0.350. The molecule has 0 atom stereocenters. The summed E-state index contributed by atoms with van der Waals surface area (Å²) in [6.07, 6.45) is 0. The van der Waals surface area contributed by atoms with Gasteiger partial charge in [0.2, 0.25) is 0 Å². The van der Waals surface area contributed by atoms with Gasteiger partial charge in [-0.2, -0.15) is 0 Å². The van der Waals surface area contributed by atoms with Crippen molar-refractivity contribution in [3.8, 4) is 0 Å². The van der Waals surface area contributed by atoms with Gasteiger partial charge in [0.15, 0.2) is 0 Å². The highest BCUT2D eigenvalue weighted by molar-refractivity contribution is 9.10. The first-order valence-corrected chi connectivity index (χ1v) is 5.82. The number of imidazole rings is 1. The molecule has 0 aromatic carbocycles. The van der Waals surface area contributed by atoms with E-state index in [1.807, 2.05) is 0 Å². The molecular formula is C10H16BrN3. The molecule has 2 rings (SSSR count). The first-order chi connectivity index (χ1) is 6.59. The lowest BCUT2D eigenvalue weighted by Crippen LogP contribution is -2.31. The van der Waals surface area contributed by atoms with E-state index in [2.05, 4.69) is 51.3 Å². The number of nitrogens with zero attached hydrogens (tertiary/aromatic N) is 3. The lowest BCUT2D eigenvalue weighted by atomic mass is 10.2. The third kappa shape index (κ3) is 1.61.